The van der Waals surface area contributed by atoms with E-state index in [0.717, 1.165) is 17.0 Å². The van der Waals surface area contributed by atoms with Crippen molar-refractivity contribution in [2.45, 2.75) is 0 Å². The Morgan fingerprint density at radius 3 is 2.12 bits per heavy atom. The van der Waals surface area contributed by atoms with Gasteiger partial charge in [0, 0.05) is 12.1 Å². The lowest BCUT2D eigenvalue weighted by Gasteiger charge is -2.27. The van der Waals surface area contributed by atoms with Gasteiger partial charge in [0.2, 0.25) is 0 Å². The summed E-state index contributed by atoms with van der Waals surface area (Å²) >= 11 is 0. The summed E-state index contributed by atoms with van der Waals surface area (Å²) in [4.78, 5) is 34.0. The van der Waals surface area contributed by atoms with Gasteiger partial charge in [0.15, 0.2) is 6.61 Å². The zero-order valence-electron chi connectivity index (χ0n) is 21.2. The molecule has 0 radical (unpaired) electrons. The maximum Gasteiger partial charge on any atom is 0.341 e. The van der Waals surface area contributed by atoms with Gasteiger partial charge in [0.1, 0.15) is 24.5 Å². The van der Waals surface area contributed by atoms with Gasteiger partial charge >= 0.3 is 17.9 Å². The molecule has 0 spiro atoms. The number of rotatable bonds is 9. The van der Waals surface area contributed by atoms with E-state index < -0.39 is 74.5 Å². The van der Waals surface area contributed by atoms with Crippen molar-refractivity contribution < 1.29 is 46.8 Å². The summed E-state index contributed by atoms with van der Waals surface area (Å²) in [6.45, 7) is -13.9. The number of carboxylic acid groups (broad SMARTS) is 3. The van der Waals surface area contributed by atoms with Crippen LogP contribution < -0.4 is 14.1 Å². The lowest BCUT2D eigenvalue weighted by molar-refractivity contribution is -0.140. The SMILES string of the molecule is [2H]C([2H])([2H])[15N+](c1ccc(N(CC(=O)O)CC(=O)O)c(OCC(=O)O)c1)(C([2H])([2H])[2H])C([2H])([2H])[2H]. The lowest BCUT2D eigenvalue weighted by atomic mass is 10.2. The van der Waals surface area contributed by atoms with Gasteiger partial charge in [-0.3, -0.25) is 14.1 Å². The van der Waals surface area contributed by atoms with Gasteiger partial charge in [0.05, 0.1) is 39.0 Å². The second-order valence-electron chi connectivity index (χ2n) is 4.65. The van der Waals surface area contributed by atoms with Crippen molar-refractivity contribution in [1.29, 1.82) is 0 Å². The number of quaternary nitrogens is 1. The highest BCUT2D eigenvalue weighted by atomic mass is 16.5. The number of ether oxygens (including phenoxy) is 1. The molecular formula is C15H21N2O7+. The molecule has 0 amide bonds. The smallest absolute Gasteiger partial charge is 0.341 e. The minimum absolute atomic E-state index is 0.343. The van der Waals surface area contributed by atoms with E-state index in [4.69, 9.17) is 32.4 Å². The Bertz CT molecular complexity index is 860. The number of hydrogen-bond acceptors (Lipinski definition) is 5. The molecule has 0 aliphatic carbocycles. The van der Waals surface area contributed by atoms with E-state index in [9.17, 15) is 14.4 Å². The number of aliphatic carboxylic acids is 3. The van der Waals surface area contributed by atoms with Crippen molar-refractivity contribution >= 4 is 29.3 Å². The minimum Gasteiger partial charge on any atom is -0.480 e. The van der Waals surface area contributed by atoms with Gasteiger partial charge in [-0.2, -0.15) is 0 Å². The van der Waals surface area contributed by atoms with E-state index in [2.05, 4.69) is 0 Å². The van der Waals surface area contributed by atoms with Crippen LogP contribution in [0.3, 0.4) is 0 Å². The minimum atomic E-state index is -3.68. The van der Waals surface area contributed by atoms with E-state index in [0.29, 0.717) is 6.07 Å². The third-order valence-electron chi connectivity index (χ3n) is 2.67. The van der Waals surface area contributed by atoms with Crippen LogP contribution in [0.25, 0.3) is 0 Å². The fraction of sp³-hybridized carbons (Fsp3) is 0.400. The zero-order chi connectivity index (χ0) is 26.0. The first-order valence-electron chi connectivity index (χ1n) is 10.8. The average molecular weight is 351 g/mol. The van der Waals surface area contributed by atoms with Crippen molar-refractivity contribution in [2.24, 2.45) is 0 Å². The molecule has 0 saturated carbocycles. The van der Waals surface area contributed by atoms with E-state index in [1.165, 1.54) is 0 Å². The predicted octanol–water partition coefficient (Wildman–Crippen LogP) is 0.322. The fourth-order valence-corrected chi connectivity index (χ4v) is 1.78. The highest BCUT2D eigenvalue weighted by Crippen LogP contribution is 2.33. The topological polar surface area (TPSA) is 124 Å². The van der Waals surface area contributed by atoms with Crippen LogP contribution in [-0.2, 0) is 14.4 Å². The Morgan fingerprint density at radius 2 is 1.67 bits per heavy atom. The number of benzene rings is 1. The summed E-state index contributed by atoms with van der Waals surface area (Å²) in [6.07, 6.45) is 0. The Morgan fingerprint density at radius 1 is 1.08 bits per heavy atom. The molecule has 9 heteroatoms. The molecule has 9 nitrogen and oxygen atoms in total. The molecule has 0 aliphatic heterocycles. The average Bonchev–Trinajstić information content (AvgIpc) is 2.55. The molecule has 0 bridgehead atoms. The van der Waals surface area contributed by atoms with E-state index in [-0.39, 0.29) is 5.69 Å². The molecule has 132 valence electrons. The molecule has 1 aromatic carbocycles. The molecule has 0 atom stereocenters. The van der Waals surface area contributed by atoms with Crippen LogP contribution in [0.1, 0.15) is 12.3 Å². The number of carboxylic acids is 3. The summed E-state index contributed by atoms with van der Waals surface area (Å²) < 4.78 is 72.1. The normalized spacial score (nSPS) is 18.1. The van der Waals surface area contributed by atoms with Crippen LogP contribution in [0.5, 0.6) is 5.75 Å². The van der Waals surface area contributed by atoms with Crippen LogP contribution in [0, 0.1) is 0 Å². The quantitative estimate of drug-likeness (QED) is 0.429. The highest BCUT2D eigenvalue weighted by Gasteiger charge is 2.22. The van der Waals surface area contributed by atoms with Crippen LogP contribution in [0.15, 0.2) is 18.2 Å². The molecule has 0 saturated heterocycles. The number of nitrogens with zero attached hydrogens (tertiary/aromatic N) is 2. The third kappa shape index (κ3) is 5.76. The summed E-state index contributed by atoms with van der Waals surface area (Å²) in [5.74, 6) is -5.13. The van der Waals surface area contributed by atoms with Crippen LogP contribution in [0.4, 0.5) is 11.4 Å². The first-order chi connectivity index (χ1) is 14.8. The van der Waals surface area contributed by atoms with Crippen molar-refractivity contribution in [3.05, 3.63) is 18.2 Å². The Kier molecular flexibility index (Phi) is 3.02. The summed E-state index contributed by atoms with van der Waals surface area (Å²) in [6, 6.07) is 2.28. The zero-order valence-corrected chi connectivity index (χ0v) is 12.2. The Labute approximate surface area is 151 Å². The van der Waals surface area contributed by atoms with Gasteiger partial charge in [-0.25, -0.2) is 4.79 Å². The molecule has 3 N–H and O–H groups in total. The molecule has 0 unspecified atom stereocenters. The van der Waals surface area contributed by atoms with E-state index in [1.807, 2.05) is 0 Å². The molecule has 0 heterocycles. The first-order valence-corrected chi connectivity index (χ1v) is 6.33. The second-order valence-corrected chi connectivity index (χ2v) is 4.65. The third-order valence-corrected chi connectivity index (χ3v) is 2.67. The molecule has 1 aromatic rings. The number of anilines is 1. The Hall–Kier alpha value is -2.81. The first kappa shape index (κ1) is 9.48. The van der Waals surface area contributed by atoms with Crippen molar-refractivity contribution in [2.75, 3.05) is 45.5 Å². The van der Waals surface area contributed by atoms with Crippen LogP contribution >= 0.6 is 0 Å². The van der Waals surface area contributed by atoms with E-state index in [1.54, 1.807) is 0 Å². The molecular weight excluding hydrogens is 321 g/mol. The summed E-state index contributed by atoms with van der Waals surface area (Å²) in [7, 11) is 0. The molecule has 0 fully saturated rings. The van der Waals surface area contributed by atoms with Gasteiger partial charge in [-0.15, -0.1) is 0 Å². The highest BCUT2D eigenvalue weighted by molar-refractivity contribution is 5.81. The molecule has 0 aliphatic rings. The van der Waals surface area contributed by atoms with Crippen molar-refractivity contribution in [3.8, 4) is 5.75 Å². The number of hydrogen-bond donors (Lipinski definition) is 3. The predicted molar refractivity (Wildman–Crippen MR) is 86.6 cm³/mol. The largest absolute Gasteiger partial charge is 0.480 e. The van der Waals surface area contributed by atoms with Gasteiger partial charge in [-0.1, -0.05) is 0 Å². The summed E-state index contributed by atoms with van der Waals surface area (Å²) in [5.41, 5.74) is -1.19. The fourth-order valence-electron chi connectivity index (χ4n) is 1.78. The maximum atomic E-state index is 11.2. The maximum absolute atomic E-state index is 11.2. The second kappa shape index (κ2) is 7.64. The van der Waals surface area contributed by atoms with Crippen molar-refractivity contribution in [3.63, 3.8) is 0 Å². The lowest BCUT2D eigenvalue weighted by Crippen LogP contribution is -2.36. The van der Waals surface area contributed by atoms with Gasteiger partial charge in [0.25, 0.3) is 0 Å². The molecule has 1 rings (SSSR count). The van der Waals surface area contributed by atoms with Crippen LogP contribution in [0.2, 0.25) is 0 Å². The number of carbonyl (C=O) groups is 3. The molecule has 24 heavy (non-hydrogen) atoms. The monoisotopic (exact) mass is 351 g/mol. The molecule has 0 aromatic heterocycles. The standard InChI is InChI=1S/C15H20N2O7/c1-17(2,3)10-4-5-11(12(6-10)24-9-15(22)23)16(7-13(18)19)8-14(20)21/h4-6H,7-9H2,1-3H3,(H2-,18,19,20,21,22,23)/p+1/i1D3,2D3,3D3,17+1. The van der Waals surface area contributed by atoms with Crippen LogP contribution in [-0.4, -0.2) is 73.9 Å². The van der Waals surface area contributed by atoms with Crippen molar-refractivity contribution in [1.82, 2.24) is 4.48 Å². The Balaban J connectivity index is 3.95. The van der Waals surface area contributed by atoms with E-state index >= 15 is 0 Å². The van der Waals surface area contributed by atoms with Gasteiger partial charge in [-0.05, 0) is 6.07 Å². The van der Waals surface area contributed by atoms with Gasteiger partial charge < -0.3 is 25.0 Å². The summed E-state index contributed by atoms with van der Waals surface area (Å²) in [5, 5.41) is 27.1.